The number of nitrogens with one attached hydrogen (secondary N) is 1. The number of nitrogens with zero attached hydrogens (tertiary/aromatic N) is 2. The molecule has 1 saturated heterocycles. The molecule has 1 atom stereocenters. The van der Waals surface area contributed by atoms with Crippen LogP contribution in [0.15, 0.2) is 28.3 Å². The van der Waals surface area contributed by atoms with Crippen LogP contribution in [0.5, 0.6) is 5.75 Å². The molecule has 1 fully saturated rings. The summed E-state index contributed by atoms with van der Waals surface area (Å²) in [7, 11) is 1.64. The molecule has 1 aromatic rings. The minimum Gasteiger partial charge on any atom is -0.496 e. The Labute approximate surface area is 156 Å². The van der Waals surface area contributed by atoms with Crippen molar-refractivity contribution in [2.75, 3.05) is 26.9 Å². The Morgan fingerprint density at radius 1 is 1.44 bits per heavy atom. The smallest absolute Gasteiger partial charge is 0.264 e. The summed E-state index contributed by atoms with van der Waals surface area (Å²) in [4.78, 5) is 16.3. The first kappa shape index (κ1) is 18.2. The van der Waals surface area contributed by atoms with E-state index < -0.39 is 5.38 Å². The van der Waals surface area contributed by atoms with E-state index in [-0.39, 0.29) is 11.3 Å². The molecule has 2 aliphatic rings. The van der Waals surface area contributed by atoms with Gasteiger partial charge in [-0.3, -0.25) is 9.79 Å². The summed E-state index contributed by atoms with van der Waals surface area (Å²) in [6.45, 7) is 1.70. The van der Waals surface area contributed by atoms with Gasteiger partial charge in [-0.2, -0.15) is 5.10 Å². The molecule has 0 saturated carbocycles. The van der Waals surface area contributed by atoms with E-state index in [0.29, 0.717) is 30.5 Å². The predicted octanol–water partition coefficient (Wildman–Crippen LogP) is 2.56. The maximum absolute atomic E-state index is 11.7. The summed E-state index contributed by atoms with van der Waals surface area (Å²) in [5.74, 6) is 0.397. The molecule has 2 aliphatic heterocycles. The fourth-order valence-electron chi connectivity index (χ4n) is 3.15. The van der Waals surface area contributed by atoms with E-state index in [0.717, 1.165) is 24.2 Å². The topological polar surface area (TPSA) is 72.3 Å². The molecule has 0 bridgehead atoms. The van der Waals surface area contributed by atoms with Crippen molar-refractivity contribution in [3.8, 4) is 5.75 Å². The number of carbonyl (C=O) groups excluding carboxylic acids is 1. The summed E-state index contributed by atoms with van der Waals surface area (Å²) >= 11 is 12.3. The van der Waals surface area contributed by atoms with Gasteiger partial charge >= 0.3 is 0 Å². The molecule has 1 amide bonds. The number of hydrogen-bond donors (Lipinski definition) is 1. The van der Waals surface area contributed by atoms with Crippen molar-refractivity contribution in [1.29, 1.82) is 0 Å². The van der Waals surface area contributed by atoms with Crippen LogP contribution in [0.1, 0.15) is 18.4 Å². The molecule has 0 spiro atoms. The lowest BCUT2D eigenvalue weighted by atomic mass is 9.73. The minimum absolute atomic E-state index is 0.292. The number of alkyl halides is 1. The highest BCUT2D eigenvalue weighted by molar-refractivity contribution is 6.54. The maximum atomic E-state index is 11.7. The molecular weight excluding hydrogens is 365 g/mol. The Bertz CT molecular complexity index is 715. The molecule has 2 heterocycles. The van der Waals surface area contributed by atoms with Gasteiger partial charge in [0.05, 0.1) is 19.0 Å². The average molecular weight is 384 g/mol. The van der Waals surface area contributed by atoms with Gasteiger partial charge in [-0.25, -0.2) is 5.43 Å². The molecule has 1 unspecified atom stereocenters. The van der Waals surface area contributed by atoms with Crippen molar-refractivity contribution < 1.29 is 14.3 Å². The number of amides is 1. The van der Waals surface area contributed by atoms with Gasteiger partial charge in [0, 0.05) is 35.8 Å². The fraction of sp³-hybridized carbons (Fsp3) is 0.471. The third-order valence-corrected chi connectivity index (χ3v) is 5.27. The van der Waals surface area contributed by atoms with Crippen LogP contribution in [0.2, 0.25) is 5.02 Å². The summed E-state index contributed by atoms with van der Waals surface area (Å²) in [6, 6.07) is 5.59. The second-order valence-corrected chi connectivity index (χ2v) is 6.95. The van der Waals surface area contributed by atoms with Crippen molar-refractivity contribution >= 4 is 41.0 Å². The summed E-state index contributed by atoms with van der Waals surface area (Å²) in [5, 5.41) is 3.59. The fourth-order valence-corrected chi connectivity index (χ4v) is 3.50. The normalized spacial score (nSPS) is 24.2. The molecule has 0 aliphatic carbocycles. The van der Waals surface area contributed by atoms with Crippen LogP contribution in [0, 0.1) is 0 Å². The van der Waals surface area contributed by atoms with Gasteiger partial charge in [-0.05, 0) is 31.0 Å². The lowest BCUT2D eigenvalue weighted by molar-refractivity contribution is -0.119. The van der Waals surface area contributed by atoms with Gasteiger partial charge in [0.2, 0.25) is 0 Å². The maximum Gasteiger partial charge on any atom is 0.264 e. The predicted molar refractivity (Wildman–Crippen MR) is 98.3 cm³/mol. The summed E-state index contributed by atoms with van der Waals surface area (Å²) < 4.78 is 11.1. The molecular formula is C17H19Cl2N3O3. The Morgan fingerprint density at radius 2 is 2.20 bits per heavy atom. The first-order chi connectivity index (χ1) is 12.1. The largest absolute Gasteiger partial charge is 0.496 e. The van der Waals surface area contributed by atoms with Crippen LogP contribution in [-0.2, 0) is 14.9 Å². The number of ether oxygens (including phenoxy) is 2. The first-order valence-corrected chi connectivity index (χ1v) is 8.80. The van der Waals surface area contributed by atoms with E-state index in [1.807, 2.05) is 12.1 Å². The summed E-state index contributed by atoms with van der Waals surface area (Å²) in [6.07, 6.45) is 3.04. The highest BCUT2D eigenvalue weighted by atomic mass is 35.5. The van der Waals surface area contributed by atoms with E-state index in [4.69, 9.17) is 32.7 Å². The van der Waals surface area contributed by atoms with Crippen molar-refractivity contribution in [2.24, 2.45) is 10.1 Å². The van der Waals surface area contributed by atoms with E-state index >= 15 is 0 Å². The van der Waals surface area contributed by atoms with Crippen molar-refractivity contribution in [1.82, 2.24) is 5.43 Å². The van der Waals surface area contributed by atoms with Crippen molar-refractivity contribution in [3.05, 3.63) is 28.8 Å². The van der Waals surface area contributed by atoms with E-state index in [1.165, 1.54) is 6.21 Å². The number of hydrogen-bond acceptors (Lipinski definition) is 5. The van der Waals surface area contributed by atoms with Crippen LogP contribution in [0.25, 0.3) is 0 Å². The van der Waals surface area contributed by atoms with E-state index in [1.54, 1.807) is 13.2 Å². The van der Waals surface area contributed by atoms with E-state index in [2.05, 4.69) is 15.5 Å². The zero-order chi connectivity index (χ0) is 17.9. The summed E-state index contributed by atoms with van der Waals surface area (Å²) in [5.41, 5.74) is 3.49. The second kappa shape index (κ2) is 7.72. The average Bonchev–Trinajstić information content (AvgIpc) is 2.64. The zero-order valence-corrected chi connectivity index (χ0v) is 15.3. The zero-order valence-electron chi connectivity index (χ0n) is 13.8. The van der Waals surface area contributed by atoms with Gasteiger partial charge in [0.15, 0.2) is 5.38 Å². The molecule has 1 N–H and O–H groups in total. The molecule has 8 heteroatoms. The second-order valence-electron chi connectivity index (χ2n) is 6.08. The van der Waals surface area contributed by atoms with Crippen LogP contribution in [0.3, 0.4) is 0 Å². The van der Waals surface area contributed by atoms with Gasteiger partial charge in [0.25, 0.3) is 5.91 Å². The molecule has 6 nitrogen and oxygen atoms in total. The Balaban J connectivity index is 1.97. The number of carbonyl (C=O) groups is 1. The number of methoxy groups -OCH3 is 1. The van der Waals surface area contributed by atoms with Crippen LogP contribution < -0.4 is 10.2 Å². The van der Waals surface area contributed by atoms with Gasteiger partial charge in [0.1, 0.15) is 5.75 Å². The van der Waals surface area contributed by atoms with Crippen molar-refractivity contribution in [3.63, 3.8) is 0 Å². The quantitative estimate of drug-likeness (QED) is 0.811. The van der Waals surface area contributed by atoms with E-state index in [9.17, 15) is 4.79 Å². The Kier molecular flexibility index (Phi) is 5.61. The van der Waals surface area contributed by atoms with Gasteiger partial charge in [-0.15, -0.1) is 11.6 Å². The molecule has 1 aromatic carbocycles. The van der Waals surface area contributed by atoms with Crippen LogP contribution in [0.4, 0.5) is 0 Å². The minimum atomic E-state index is -0.837. The molecule has 3 rings (SSSR count). The van der Waals surface area contributed by atoms with Gasteiger partial charge < -0.3 is 9.47 Å². The molecule has 134 valence electrons. The van der Waals surface area contributed by atoms with Crippen LogP contribution in [-0.4, -0.2) is 50.1 Å². The highest BCUT2D eigenvalue weighted by Gasteiger charge is 2.37. The lowest BCUT2D eigenvalue weighted by Gasteiger charge is -2.37. The number of hydrazone groups is 1. The Hall–Kier alpha value is -1.63. The standard InChI is InChI=1S/C17H19Cl2N3O3/c1-24-14-3-2-11(18)8-12(14)17(4-6-25-7-5-17)10-20-13-9-21-22-16(23)15(13)19/h2-3,8-9,15H,4-7,10H2,1H3,(H,22,23). The van der Waals surface area contributed by atoms with Crippen molar-refractivity contribution in [2.45, 2.75) is 23.6 Å². The third-order valence-electron chi connectivity index (χ3n) is 4.61. The number of halogens is 2. The molecule has 0 radical (unpaired) electrons. The first-order valence-electron chi connectivity index (χ1n) is 7.99. The SMILES string of the molecule is COc1ccc(Cl)cc1C1(CN=C2C=NNC(=O)C2Cl)CCOCC1. The number of aliphatic imine (C=N–C) groups is 1. The number of benzene rings is 1. The monoisotopic (exact) mass is 383 g/mol. The molecule has 25 heavy (non-hydrogen) atoms. The lowest BCUT2D eigenvalue weighted by Crippen LogP contribution is -2.41. The van der Waals surface area contributed by atoms with Gasteiger partial charge in [-0.1, -0.05) is 11.6 Å². The Morgan fingerprint density at radius 3 is 2.92 bits per heavy atom. The highest BCUT2D eigenvalue weighted by Crippen LogP contribution is 2.41. The van der Waals surface area contributed by atoms with Crippen LogP contribution >= 0.6 is 23.2 Å². The third kappa shape index (κ3) is 3.81. The molecule has 0 aromatic heterocycles. The number of rotatable bonds is 4.